The number of amides is 1. The molecule has 2 aromatic heterocycles. The Balaban J connectivity index is 1.59. The molecule has 3 unspecified atom stereocenters. The van der Waals surface area contributed by atoms with Gasteiger partial charge in [-0.1, -0.05) is 30.8 Å². The Hall–Kier alpha value is -3.56. The molecular weight excluding hydrogens is 563 g/mol. The summed E-state index contributed by atoms with van der Waals surface area (Å²) in [6.45, 7) is 6.75. The SMILES string of the molecule is C=CC(=O)N1CCCC(n2nc(-c3ccc(CNS(=O)(=O)C(C(C)OCC)C(F)(F)F)cc3)c3c(N)ncnc32)C1. The smallest absolute Gasteiger partial charge is 0.383 e. The molecule has 1 fully saturated rings. The highest BCUT2D eigenvalue weighted by Crippen LogP contribution is 2.34. The highest BCUT2D eigenvalue weighted by Gasteiger charge is 2.52. The minimum absolute atomic E-state index is 0.0589. The molecule has 1 saturated heterocycles. The van der Waals surface area contributed by atoms with Crippen molar-refractivity contribution in [2.45, 2.75) is 56.8 Å². The summed E-state index contributed by atoms with van der Waals surface area (Å²) in [6.07, 6.45) is -2.45. The van der Waals surface area contributed by atoms with Gasteiger partial charge in [-0.2, -0.15) is 18.3 Å². The number of sulfonamides is 1. The van der Waals surface area contributed by atoms with Crippen molar-refractivity contribution in [1.82, 2.24) is 29.4 Å². The van der Waals surface area contributed by atoms with Crippen molar-refractivity contribution in [3.63, 3.8) is 0 Å². The Labute approximate surface area is 235 Å². The highest BCUT2D eigenvalue weighted by molar-refractivity contribution is 7.90. The number of anilines is 1. The zero-order valence-electron chi connectivity index (χ0n) is 22.6. The summed E-state index contributed by atoms with van der Waals surface area (Å²) < 4.78 is 74.7. The summed E-state index contributed by atoms with van der Waals surface area (Å²) in [5.74, 6) is 0.0465. The molecule has 1 aromatic carbocycles. The molecule has 0 saturated carbocycles. The molecule has 1 amide bonds. The number of fused-ring (bicyclic) bond motifs is 1. The van der Waals surface area contributed by atoms with E-state index in [1.165, 1.54) is 19.3 Å². The van der Waals surface area contributed by atoms with Crippen LogP contribution in [0.2, 0.25) is 0 Å². The molecule has 1 aliphatic rings. The topological polar surface area (TPSA) is 145 Å². The summed E-state index contributed by atoms with van der Waals surface area (Å²) in [6, 6.07) is 6.35. The molecule has 3 atom stereocenters. The van der Waals surface area contributed by atoms with Gasteiger partial charge in [0.25, 0.3) is 0 Å². The van der Waals surface area contributed by atoms with E-state index in [9.17, 15) is 26.4 Å². The fourth-order valence-corrected chi connectivity index (χ4v) is 6.52. The lowest BCUT2D eigenvalue weighted by Gasteiger charge is -2.32. The number of hydrogen-bond donors (Lipinski definition) is 2. The maximum atomic E-state index is 13.6. The number of ether oxygens (including phenoxy) is 1. The molecule has 0 spiro atoms. The van der Waals surface area contributed by atoms with Crippen LogP contribution in [0.3, 0.4) is 0 Å². The lowest BCUT2D eigenvalue weighted by molar-refractivity contribution is -0.153. The van der Waals surface area contributed by atoms with Crippen LogP contribution in [0.25, 0.3) is 22.3 Å². The van der Waals surface area contributed by atoms with E-state index >= 15 is 0 Å². The maximum absolute atomic E-state index is 13.6. The quantitative estimate of drug-likeness (QED) is 0.340. The first-order valence-corrected chi connectivity index (χ1v) is 14.6. The zero-order chi connectivity index (χ0) is 29.9. The van der Waals surface area contributed by atoms with Gasteiger partial charge in [-0.3, -0.25) is 4.79 Å². The van der Waals surface area contributed by atoms with Crippen molar-refractivity contribution < 1.29 is 31.1 Å². The molecule has 3 N–H and O–H groups in total. The van der Waals surface area contributed by atoms with Crippen LogP contribution in [-0.4, -0.2) is 76.2 Å². The van der Waals surface area contributed by atoms with Gasteiger partial charge in [-0.25, -0.2) is 27.8 Å². The van der Waals surface area contributed by atoms with E-state index in [0.717, 1.165) is 19.8 Å². The van der Waals surface area contributed by atoms with Crippen LogP contribution in [0.1, 0.15) is 38.3 Å². The normalized spacial score (nSPS) is 17.9. The number of likely N-dealkylation sites (tertiary alicyclic amines) is 1. The standard InChI is InChI=1S/C26H32F3N7O4S/c1-4-20(37)35-12-6-7-19(14-35)36-25-21(24(30)31-15-32-25)22(34-36)18-10-8-17(9-11-18)13-33-41(38,39)23(26(27,28)29)16(3)40-5-2/h4,8-11,15-16,19,23,33H,1,5-7,12-14H2,2-3H3,(H2,30,31,32). The second-order valence-corrected chi connectivity index (χ2v) is 11.6. The van der Waals surface area contributed by atoms with Crippen molar-refractivity contribution in [3.8, 4) is 11.3 Å². The maximum Gasteiger partial charge on any atom is 0.409 e. The zero-order valence-corrected chi connectivity index (χ0v) is 23.5. The first-order chi connectivity index (χ1) is 19.4. The first-order valence-electron chi connectivity index (χ1n) is 13.0. The Bertz CT molecular complexity index is 1510. The third-order valence-electron chi connectivity index (χ3n) is 6.96. The summed E-state index contributed by atoms with van der Waals surface area (Å²) in [7, 11) is -4.80. The van der Waals surface area contributed by atoms with Gasteiger partial charge in [-0.05, 0) is 38.3 Å². The van der Waals surface area contributed by atoms with E-state index in [0.29, 0.717) is 40.9 Å². The molecule has 0 aliphatic carbocycles. The number of nitrogens with two attached hydrogens (primary N) is 1. The second kappa shape index (κ2) is 12.1. The van der Waals surface area contributed by atoms with Crippen LogP contribution in [0.15, 0.2) is 43.2 Å². The summed E-state index contributed by atoms with van der Waals surface area (Å²) in [5, 5.41) is 2.59. The van der Waals surface area contributed by atoms with Gasteiger partial charge in [0.2, 0.25) is 15.9 Å². The molecule has 222 valence electrons. The number of nitrogens with zero attached hydrogens (tertiary/aromatic N) is 5. The largest absolute Gasteiger partial charge is 0.409 e. The number of carbonyl (C=O) groups excluding carboxylic acids is 1. The predicted molar refractivity (Wildman–Crippen MR) is 147 cm³/mol. The van der Waals surface area contributed by atoms with Gasteiger partial charge < -0.3 is 15.4 Å². The number of alkyl halides is 3. The summed E-state index contributed by atoms with van der Waals surface area (Å²) in [4.78, 5) is 22.4. The molecule has 41 heavy (non-hydrogen) atoms. The Kier molecular flexibility index (Phi) is 8.99. The number of benzene rings is 1. The number of hydrogen-bond acceptors (Lipinski definition) is 8. The fourth-order valence-electron chi connectivity index (χ4n) is 5.03. The van der Waals surface area contributed by atoms with Gasteiger partial charge in [-0.15, -0.1) is 0 Å². The van der Waals surface area contributed by atoms with E-state index < -0.39 is 27.6 Å². The number of nitrogens with one attached hydrogen (secondary N) is 1. The Morgan fingerprint density at radius 1 is 1.29 bits per heavy atom. The minimum Gasteiger partial charge on any atom is -0.383 e. The number of carbonyl (C=O) groups is 1. The molecule has 1 aliphatic heterocycles. The number of aromatic nitrogens is 4. The monoisotopic (exact) mass is 595 g/mol. The van der Waals surface area contributed by atoms with Gasteiger partial charge >= 0.3 is 6.18 Å². The highest BCUT2D eigenvalue weighted by atomic mass is 32.2. The Morgan fingerprint density at radius 2 is 2.00 bits per heavy atom. The van der Waals surface area contributed by atoms with Crippen molar-refractivity contribution in [2.24, 2.45) is 0 Å². The minimum atomic E-state index is -5.01. The first kappa shape index (κ1) is 30.4. The third-order valence-corrected chi connectivity index (χ3v) is 8.83. The van der Waals surface area contributed by atoms with Gasteiger partial charge in [0.1, 0.15) is 17.8 Å². The van der Waals surface area contributed by atoms with Crippen LogP contribution in [0.5, 0.6) is 0 Å². The second-order valence-electron chi connectivity index (χ2n) is 9.72. The van der Waals surface area contributed by atoms with Crippen LogP contribution >= 0.6 is 0 Å². The van der Waals surface area contributed by atoms with Crippen molar-refractivity contribution >= 4 is 32.8 Å². The van der Waals surface area contributed by atoms with Gasteiger partial charge in [0.05, 0.1) is 17.5 Å². The van der Waals surface area contributed by atoms with E-state index in [-0.39, 0.29) is 30.9 Å². The molecule has 11 nitrogen and oxygen atoms in total. The number of halogens is 3. The molecule has 3 aromatic rings. The molecule has 0 bridgehead atoms. The third kappa shape index (κ3) is 6.52. The molecule has 4 rings (SSSR count). The van der Waals surface area contributed by atoms with Crippen molar-refractivity contribution in [2.75, 3.05) is 25.4 Å². The number of nitrogen functional groups attached to an aromatic ring is 1. The molecule has 3 heterocycles. The van der Waals surface area contributed by atoms with Crippen LogP contribution in [-0.2, 0) is 26.1 Å². The van der Waals surface area contributed by atoms with E-state index in [4.69, 9.17) is 15.6 Å². The van der Waals surface area contributed by atoms with Crippen LogP contribution in [0.4, 0.5) is 19.0 Å². The average molecular weight is 596 g/mol. The molecule has 15 heteroatoms. The van der Waals surface area contributed by atoms with Crippen molar-refractivity contribution in [1.29, 1.82) is 0 Å². The summed E-state index contributed by atoms with van der Waals surface area (Å²) >= 11 is 0. The number of piperidine rings is 1. The van der Waals surface area contributed by atoms with E-state index in [2.05, 4.69) is 21.3 Å². The lowest BCUT2D eigenvalue weighted by atomic mass is 10.1. The van der Waals surface area contributed by atoms with E-state index in [1.807, 2.05) is 0 Å². The molecular formula is C26H32F3N7O4S. The summed E-state index contributed by atoms with van der Waals surface area (Å²) in [5.41, 5.74) is 8.25. The van der Waals surface area contributed by atoms with Crippen LogP contribution in [0, 0.1) is 0 Å². The van der Waals surface area contributed by atoms with E-state index in [1.54, 1.807) is 33.8 Å². The van der Waals surface area contributed by atoms with Gasteiger partial charge in [0, 0.05) is 31.8 Å². The predicted octanol–water partition coefficient (Wildman–Crippen LogP) is 3.20. The van der Waals surface area contributed by atoms with Gasteiger partial charge in [0.15, 0.2) is 10.9 Å². The molecule has 0 radical (unpaired) electrons. The van der Waals surface area contributed by atoms with Crippen molar-refractivity contribution in [3.05, 3.63) is 48.8 Å². The fraction of sp³-hybridized carbons (Fsp3) is 0.462. The average Bonchev–Trinajstić information content (AvgIpc) is 3.32. The van der Waals surface area contributed by atoms with Crippen LogP contribution < -0.4 is 10.5 Å². The lowest BCUT2D eigenvalue weighted by Crippen LogP contribution is -2.50. The Morgan fingerprint density at radius 3 is 2.63 bits per heavy atom. The number of rotatable bonds is 10.